The SMILES string of the molecule is CCC1CCCCN1c1ccc(N)cc1C. The summed E-state index contributed by atoms with van der Waals surface area (Å²) in [6.07, 6.45) is 5.27. The summed E-state index contributed by atoms with van der Waals surface area (Å²) in [5.74, 6) is 0. The molecule has 1 aromatic carbocycles. The summed E-state index contributed by atoms with van der Waals surface area (Å²) in [6.45, 7) is 5.64. The van der Waals surface area contributed by atoms with E-state index in [2.05, 4.69) is 30.9 Å². The average molecular weight is 218 g/mol. The van der Waals surface area contributed by atoms with E-state index in [1.807, 2.05) is 6.07 Å². The smallest absolute Gasteiger partial charge is 0.0399 e. The fourth-order valence-electron chi connectivity index (χ4n) is 2.74. The van der Waals surface area contributed by atoms with Crippen molar-refractivity contribution in [3.05, 3.63) is 23.8 Å². The minimum Gasteiger partial charge on any atom is -0.399 e. The van der Waals surface area contributed by atoms with E-state index in [9.17, 15) is 0 Å². The van der Waals surface area contributed by atoms with Gasteiger partial charge in [-0.05, 0) is 56.4 Å². The molecule has 0 radical (unpaired) electrons. The zero-order valence-electron chi connectivity index (χ0n) is 10.4. The molecule has 0 amide bonds. The normalized spacial score (nSPS) is 21.1. The number of piperidine rings is 1. The third kappa shape index (κ3) is 2.16. The van der Waals surface area contributed by atoms with E-state index in [4.69, 9.17) is 5.73 Å². The number of rotatable bonds is 2. The lowest BCUT2D eigenvalue weighted by Gasteiger charge is -2.38. The average Bonchev–Trinajstić information content (AvgIpc) is 2.29. The lowest BCUT2D eigenvalue weighted by molar-refractivity contribution is 0.449. The van der Waals surface area contributed by atoms with Gasteiger partial charge in [-0.1, -0.05) is 6.92 Å². The molecule has 88 valence electrons. The zero-order valence-corrected chi connectivity index (χ0v) is 10.4. The third-order valence-electron chi connectivity index (χ3n) is 3.63. The highest BCUT2D eigenvalue weighted by atomic mass is 15.2. The van der Waals surface area contributed by atoms with Crippen LogP contribution in [0.25, 0.3) is 0 Å². The van der Waals surface area contributed by atoms with Crippen molar-refractivity contribution in [2.24, 2.45) is 0 Å². The van der Waals surface area contributed by atoms with Crippen molar-refractivity contribution in [1.82, 2.24) is 0 Å². The van der Waals surface area contributed by atoms with Crippen molar-refractivity contribution >= 4 is 11.4 Å². The third-order valence-corrected chi connectivity index (χ3v) is 3.63. The topological polar surface area (TPSA) is 29.3 Å². The molecule has 2 heteroatoms. The number of nitrogens with two attached hydrogens (primary N) is 1. The van der Waals surface area contributed by atoms with Crippen LogP contribution < -0.4 is 10.6 Å². The summed E-state index contributed by atoms with van der Waals surface area (Å²) in [5.41, 5.74) is 9.35. The van der Waals surface area contributed by atoms with Crippen LogP contribution in [0.4, 0.5) is 11.4 Å². The predicted octanol–water partition coefficient (Wildman–Crippen LogP) is 3.35. The van der Waals surface area contributed by atoms with Crippen LogP contribution in [0.1, 0.15) is 38.2 Å². The Labute approximate surface area is 98.4 Å². The van der Waals surface area contributed by atoms with Crippen LogP contribution in [0.3, 0.4) is 0 Å². The van der Waals surface area contributed by atoms with Crippen LogP contribution in [0.5, 0.6) is 0 Å². The highest BCUT2D eigenvalue weighted by molar-refractivity contribution is 5.59. The maximum absolute atomic E-state index is 5.81. The van der Waals surface area contributed by atoms with Crippen molar-refractivity contribution in [1.29, 1.82) is 0 Å². The van der Waals surface area contributed by atoms with Crippen LogP contribution in [-0.2, 0) is 0 Å². The molecule has 0 aliphatic carbocycles. The minimum atomic E-state index is 0.719. The van der Waals surface area contributed by atoms with E-state index in [0.717, 1.165) is 11.7 Å². The van der Waals surface area contributed by atoms with Crippen molar-refractivity contribution in [2.45, 2.75) is 45.6 Å². The van der Waals surface area contributed by atoms with Crippen LogP contribution >= 0.6 is 0 Å². The Morgan fingerprint density at radius 2 is 2.19 bits per heavy atom. The van der Waals surface area contributed by atoms with E-state index in [0.29, 0.717) is 0 Å². The van der Waals surface area contributed by atoms with Gasteiger partial charge in [-0.25, -0.2) is 0 Å². The second kappa shape index (κ2) is 4.77. The molecule has 1 aliphatic rings. The number of hydrogen-bond donors (Lipinski definition) is 1. The molecule has 2 nitrogen and oxygen atoms in total. The Hall–Kier alpha value is -1.18. The molecule has 1 saturated heterocycles. The van der Waals surface area contributed by atoms with Gasteiger partial charge in [0.15, 0.2) is 0 Å². The Bertz CT molecular complexity index is 360. The molecule has 1 heterocycles. The first-order valence-electron chi connectivity index (χ1n) is 6.35. The van der Waals surface area contributed by atoms with Crippen molar-refractivity contribution in [3.8, 4) is 0 Å². The van der Waals surface area contributed by atoms with Gasteiger partial charge < -0.3 is 10.6 Å². The Morgan fingerprint density at radius 1 is 1.38 bits per heavy atom. The molecule has 2 N–H and O–H groups in total. The van der Waals surface area contributed by atoms with Gasteiger partial charge in [0.05, 0.1) is 0 Å². The summed E-state index contributed by atoms with van der Waals surface area (Å²) in [7, 11) is 0. The van der Waals surface area contributed by atoms with Gasteiger partial charge in [-0.2, -0.15) is 0 Å². The summed E-state index contributed by atoms with van der Waals surface area (Å²) >= 11 is 0. The first-order chi connectivity index (χ1) is 7.72. The van der Waals surface area contributed by atoms with Gasteiger partial charge in [0.2, 0.25) is 0 Å². The quantitative estimate of drug-likeness (QED) is 0.771. The molecule has 0 saturated carbocycles. The molecule has 0 spiro atoms. The maximum atomic E-state index is 5.81. The van der Waals surface area contributed by atoms with Crippen molar-refractivity contribution < 1.29 is 0 Å². The fraction of sp³-hybridized carbons (Fsp3) is 0.571. The van der Waals surface area contributed by atoms with Gasteiger partial charge in [0, 0.05) is 24.0 Å². The maximum Gasteiger partial charge on any atom is 0.0399 e. The molecule has 1 aliphatic heterocycles. The number of aryl methyl sites for hydroxylation is 1. The van der Waals surface area contributed by atoms with Crippen molar-refractivity contribution in [2.75, 3.05) is 17.2 Å². The number of nitrogens with zero attached hydrogens (tertiary/aromatic N) is 1. The monoisotopic (exact) mass is 218 g/mol. The van der Waals surface area contributed by atoms with E-state index in [1.165, 1.54) is 43.5 Å². The second-order valence-corrected chi connectivity index (χ2v) is 4.80. The molecule has 1 aromatic rings. The minimum absolute atomic E-state index is 0.719. The van der Waals surface area contributed by atoms with Gasteiger partial charge in [-0.3, -0.25) is 0 Å². The van der Waals surface area contributed by atoms with E-state index >= 15 is 0 Å². The lowest BCUT2D eigenvalue weighted by Crippen LogP contribution is -2.39. The molecule has 0 bridgehead atoms. The first kappa shape index (κ1) is 11.3. The summed E-state index contributed by atoms with van der Waals surface area (Å²) in [5, 5.41) is 0. The van der Waals surface area contributed by atoms with Crippen molar-refractivity contribution in [3.63, 3.8) is 0 Å². The van der Waals surface area contributed by atoms with Crippen LogP contribution in [-0.4, -0.2) is 12.6 Å². The number of nitrogen functional groups attached to an aromatic ring is 1. The molecule has 1 fully saturated rings. The van der Waals surface area contributed by atoms with Crippen LogP contribution in [0.2, 0.25) is 0 Å². The van der Waals surface area contributed by atoms with E-state index in [1.54, 1.807) is 0 Å². The Kier molecular flexibility index (Phi) is 3.37. The lowest BCUT2D eigenvalue weighted by atomic mass is 9.98. The fourth-order valence-corrected chi connectivity index (χ4v) is 2.74. The molecule has 2 rings (SSSR count). The molecule has 1 atom stereocenters. The molecule has 16 heavy (non-hydrogen) atoms. The predicted molar refractivity (Wildman–Crippen MR) is 70.9 cm³/mol. The van der Waals surface area contributed by atoms with Crippen LogP contribution in [0, 0.1) is 6.92 Å². The molecular weight excluding hydrogens is 196 g/mol. The number of anilines is 2. The first-order valence-corrected chi connectivity index (χ1v) is 6.35. The second-order valence-electron chi connectivity index (χ2n) is 4.80. The largest absolute Gasteiger partial charge is 0.399 e. The van der Waals surface area contributed by atoms with Gasteiger partial charge in [0.25, 0.3) is 0 Å². The Morgan fingerprint density at radius 3 is 2.88 bits per heavy atom. The highest BCUT2D eigenvalue weighted by Crippen LogP contribution is 2.29. The highest BCUT2D eigenvalue weighted by Gasteiger charge is 2.21. The van der Waals surface area contributed by atoms with Gasteiger partial charge in [-0.15, -0.1) is 0 Å². The number of hydrogen-bond acceptors (Lipinski definition) is 2. The molecule has 1 unspecified atom stereocenters. The van der Waals surface area contributed by atoms with Gasteiger partial charge in [0.1, 0.15) is 0 Å². The van der Waals surface area contributed by atoms with Gasteiger partial charge >= 0.3 is 0 Å². The standard InChI is InChI=1S/C14H22N2/c1-3-13-6-4-5-9-16(13)14-8-7-12(15)10-11(14)2/h7-8,10,13H,3-6,9,15H2,1-2H3. The summed E-state index contributed by atoms with van der Waals surface area (Å²) in [6, 6.07) is 7.00. The summed E-state index contributed by atoms with van der Waals surface area (Å²) < 4.78 is 0. The zero-order chi connectivity index (χ0) is 11.5. The summed E-state index contributed by atoms with van der Waals surface area (Å²) in [4.78, 5) is 2.57. The van der Waals surface area contributed by atoms with E-state index < -0.39 is 0 Å². The molecule has 0 aromatic heterocycles. The number of benzene rings is 1. The van der Waals surface area contributed by atoms with E-state index in [-0.39, 0.29) is 0 Å². The molecular formula is C14H22N2. The van der Waals surface area contributed by atoms with Crippen LogP contribution in [0.15, 0.2) is 18.2 Å². The Balaban J connectivity index is 2.27.